The number of alkyl halides is 3. The lowest BCUT2D eigenvalue weighted by Gasteiger charge is -2.12. The van der Waals surface area contributed by atoms with E-state index in [9.17, 15) is 22.4 Å². The maximum atomic E-state index is 13.2. The largest absolute Gasteiger partial charge is 0.573 e. The van der Waals surface area contributed by atoms with Gasteiger partial charge in [0.1, 0.15) is 11.6 Å². The van der Waals surface area contributed by atoms with Crippen molar-refractivity contribution >= 4 is 5.97 Å². The van der Waals surface area contributed by atoms with E-state index >= 15 is 0 Å². The van der Waals surface area contributed by atoms with Gasteiger partial charge in [-0.3, -0.25) is 0 Å². The second-order valence-corrected chi connectivity index (χ2v) is 4.07. The van der Waals surface area contributed by atoms with Gasteiger partial charge in [-0.05, 0) is 41.5 Å². The summed E-state index contributed by atoms with van der Waals surface area (Å²) in [7, 11) is 0. The van der Waals surface area contributed by atoms with Crippen molar-refractivity contribution in [1.82, 2.24) is 0 Å². The van der Waals surface area contributed by atoms with Crippen LogP contribution in [0.15, 0.2) is 42.5 Å². The number of benzene rings is 2. The maximum absolute atomic E-state index is 13.2. The number of rotatable bonds is 3. The molecule has 0 heterocycles. The molecular formula is C14H8F4O3. The van der Waals surface area contributed by atoms with Crippen molar-refractivity contribution in [3.63, 3.8) is 0 Å². The van der Waals surface area contributed by atoms with Gasteiger partial charge >= 0.3 is 12.3 Å². The average molecular weight is 300 g/mol. The number of ether oxygens (including phenoxy) is 1. The monoisotopic (exact) mass is 300 g/mol. The van der Waals surface area contributed by atoms with Gasteiger partial charge in [0.15, 0.2) is 0 Å². The van der Waals surface area contributed by atoms with Crippen molar-refractivity contribution in [3.8, 4) is 16.9 Å². The molecule has 0 aliphatic rings. The van der Waals surface area contributed by atoms with Crippen LogP contribution in [0.1, 0.15) is 10.4 Å². The van der Waals surface area contributed by atoms with E-state index in [1.54, 1.807) is 0 Å². The fourth-order valence-corrected chi connectivity index (χ4v) is 1.80. The summed E-state index contributed by atoms with van der Waals surface area (Å²) in [5.74, 6) is -2.55. The third-order valence-electron chi connectivity index (χ3n) is 2.59. The lowest BCUT2D eigenvalue weighted by molar-refractivity contribution is -0.274. The summed E-state index contributed by atoms with van der Waals surface area (Å²) >= 11 is 0. The molecule has 21 heavy (non-hydrogen) atoms. The Labute approximate surface area is 116 Å². The molecule has 0 spiro atoms. The third kappa shape index (κ3) is 3.71. The first kappa shape index (κ1) is 14.8. The number of carboxylic acids is 1. The molecule has 2 aromatic carbocycles. The quantitative estimate of drug-likeness (QED) is 0.868. The molecule has 0 aliphatic heterocycles. The molecule has 0 atom stereocenters. The Bertz CT molecular complexity index is 680. The second-order valence-electron chi connectivity index (χ2n) is 4.07. The van der Waals surface area contributed by atoms with Crippen LogP contribution < -0.4 is 4.74 Å². The van der Waals surface area contributed by atoms with E-state index in [0.29, 0.717) is 0 Å². The van der Waals surface area contributed by atoms with E-state index in [4.69, 9.17) is 5.11 Å². The van der Waals surface area contributed by atoms with Gasteiger partial charge < -0.3 is 9.84 Å². The van der Waals surface area contributed by atoms with E-state index < -0.39 is 23.9 Å². The predicted molar refractivity (Wildman–Crippen MR) is 65.5 cm³/mol. The summed E-state index contributed by atoms with van der Waals surface area (Å²) in [6.07, 6.45) is -4.90. The molecule has 1 N–H and O–H groups in total. The smallest absolute Gasteiger partial charge is 0.478 e. The molecule has 0 aromatic heterocycles. The molecule has 0 unspecified atom stereocenters. The van der Waals surface area contributed by atoms with Gasteiger partial charge in [0.25, 0.3) is 0 Å². The highest BCUT2D eigenvalue weighted by Gasteiger charge is 2.31. The van der Waals surface area contributed by atoms with Gasteiger partial charge in [-0.2, -0.15) is 0 Å². The first-order valence-corrected chi connectivity index (χ1v) is 5.65. The van der Waals surface area contributed by atoms with Gasteiger partial charge in [-0.25, -0.2) is 9.18 Å². The van der Waals surface area contributed by atoms with E-state index in [0.717, 1.165) is 30.3 Å². The van der Waals surface area contributed by atoms with Crippen LogP contribution >= 0.6 is 0 Å². The highest BCUT2D eigenvalue weighted by Crippen LogP contribution is 2.31. The molecule has 2 aromatic rings. The van der Waals surface area contributed by atoms with Crippen LogP contribution in [0.25, 0.3) is 11.1 Å². The number of carboxylic acid groups (broad SMARTS) is 1. The average Bonchev–Trinajstić information content (AvgIpc) is 2.36. The number of halogens is 4. The molecule has 0 fully saturated rings. The molecule has 0 saturated carbocycles. The van der Waals surface area contributed by atoms with Crippen LogP contribution in [0.4, 0.5) is 17.6 Å². The first-order valence-electron chi connectivity index (χ1n) is 5.65. The molecule has 0 radical (unpaired) electrons. The van der Waals surface area contributed by atoms with E-state index in [-0.39, 0.29) is 16.7 Å². The van der Waals surface area contributed by atoms with Gasteiger partial charge in [-0.1, -0.05) is 12.1 Å². The summed E-state index contributed by atoms with van der Waals surface area (Å²) in [6.45, 7) is 0. The van der Waals surface area contributed by atoms with Crippen LogP contribution in [0, 0.1) is 5.82 Å². The normalized spacial score (nSPS) is 11.2. The molecule has 7 heteroatoms. The topological polar surface area (TPSA) is 46.5 Å². The number of carbonyl (C=O) groups is 1. The molecule has 3 nitrogen and oxygen atoms in total. The molecule has 110 valence electrons. The minimum Gasteiger partial charge on any atom is -0.478 e. The van der Waals surface area contributed by atoms with Crippen LogP contribution in [0.5, 0.6) is 5.75 Å². The zero-order valence-corrected chi connectivity index (χ0v) is 10.3. The van der Waals surface area contributed by atoms with Gasteiger partial charge in [0.2, 0.25) is 0 Å². The summed E-state index contributed by atoms with van der Waals surface area (Å²) in [6, 6.07) is 7.66. The molecule has 2 rings (SSSR count). The Morgan fingerprint density at radius 1 is 1.10 bits per heavy atom. The summed E-state index contributed by atoms with van der Waals surface area (Å²) < 4.78 is 53.5. The van der Waals surface area contributed by atoms with Crippen molar-refractivity contribution in [1.29, 1.82) is 0 Å². The van der Waals surface area contributed by atoms with Crippen molar-refractivity contribution in [2.24, 2.45) is 0 Å². The van der Waals surface area contributed by atoms with Gasteiger partial charge in [0.05, 0.1) is 5.56 Å². The van der Waals surface area contributed by atoms with Crippen molar-refractivity contribution < 1.29 is 32.2 Å². The summed E-state index contributed by atoms with van der Waals surface area (Å²) in [5, 5.41) is 9.06. The van der Waals surface area contributed by atoms with Gasteiger partial charge in [0, 0.05) is 0 Å². The molecular weight excluding hydrogens is 292 g/mol. The van der Waals surface area contributed by atoms with Crippen molar-refractivity contribution in [2.45, 2.75) is 6.36 Å². The standard InChI is InChI=1S/C14H8F4O3/c15-9-3-1-2-8(6-9)12-7-10(21-14(16,17)18)4-5-11(12)13(19)20/h1-7H,(H,19,20). The van der Waals surface area contributed by atoms with Gasteiger partial charge in [-0.15, -0.1) is 13.2 Å². The molecule has 0 amide bonds. The maximum Gasteiger partial charge on any atom is 0.573 e. The lowest BCUT2D eigenvalue weighted by Crippen LogP contribution is -2.17. The Morgan fingerprint density at radius 3 is 2.38 bits per heavy atom. The number of hydrogen-bond donors (Lipinski definition) is 1. The SMILES string of the molecule is O=C(O)c1ccc(OC(F)(F)F)cc1-c1cccc(F)c1. The van der Waals surface area contributed by atoms with Crippen molar-refractivity contribution in [2.75, 3.05) is 0 Å². The number of hydrogen-bond acceptors (Lipinski definition) is 2. The minimum absolute atomic E-state index is 0.0660. The fraction of sp³-hybridized carbons (Fsp3) is 0.0714. The first-order chi connectivity index (χ1) is 9.76. The Balaban J connectivity index is 2.55. The minimum atomic E-state index is -4.90. The predicted octanol–water partition coefficient (Wildman–Crippen LogP) is 4.09. The van der Waals surface area contributed by atoms with Crippen LogP contribution in [0.2, 0.25) is 0 Å². The lowest BCUT2D eigenvalue weighted by atomic mass is 9.99. The molecule has 0 saturated heterocycles. The third-order valence-corrected chi connectivity index (χ3v) is 2.59. The van der Waals surface area contributed by atoms with E-state index in [1.807, 2.05) is 0 Å². The fourth-order valence-electron chi connectivity index (χ4n) is 1.80. The summed E-state index contributed by atoms with van der Waals surface area (Å²) in [5.41, 5.74) is -0.182. The van der Waals surface area contributed by atoms with E-state index in [2.05, 4.69) is 4.74 Å². The van der Waals surface area contributed by atoms with E-state index in [1.165, 1.54) is 12.1 Å². The summed E-state index contributed by atoms with van der Waals surface area (Å²) in [4.78, 5) is 11.1. The van der Waals surface area contributed by atoms with Crippen LogP contribution in [-0.2, 0) is 0 Å². The zero-order chi connectivity index (χ0) is 15.6. The molecule has 0 aliphatic carbocycles. The Kier molecular flexibility index (Phi) is 3.84. The second kappa shape index (κ2) is 5.43. The Hall–Kier alpha value is -2.57. The Morgan fingerprint density at radius 2 is 1.81 bits per heavy atom. The highest BCUT2D eigenvalue weighted by molar-refractivity contribution is 5.96. The van der Waals surface area contributed by atoms with Crippen LogP contribution in [-0.4, -0.2) is 17.4 Å². The zero-order valence-electron chi connectivity index (χ0n) is 10.3. The highest BCUT2D eigenvalue weighted by atomic mass is 19.4. The van der Waals surface area contributed by atoms with Crippen LogP contribution in [0.3, 0.4) is 0 Å². The van der Waals surface area contributed by atoms with Crippen molar-refractivity contribution in [3.05, 3.63) is 53.8 Å². The number of aromatic carboxylic acids is 1. The molecule has 0 bridgehead atoms.